The third kappa shape index (κ3) is 3.86. The lowest BCUT2D eigenvalue weighted by molar-refractivity contribution is 0.417. The monoisotopic (exact) mass is 293 g/mol. The number of hydrogen-bond acceptors (Lipinski definition) is 1. The van der Waals surface area contributed by atoms with Gasteiger partial charge in [0.25, 0.3) is 0 Å². The van der Waals surface area contributed by atoms with Crippen molar-refractivity contribution in [3.05, 3.63) is 77.4 Å². The van der Waals surface area contributed by atoms with Crippen LogP contribution in [0.15, 0.2) is 66.3 Å². The standard InChI is InChI=1S/C21H27N/c1-5-10-17-14-15-18-11-7-8-12-20(18)21(19(17)6-2)13-9-16-22(3)4/h5-8,10-13H,2,9,14-16H2,1,3-4H3/b10-5-,21-13+. The summed E-state index contributed by atoms with van der Waals surface area (Å²) < 4.78 is 0. The zero-order valence-corrected chi connectivity index (χ0v) is 14.1. The Kier molecular flexibility index (Phi) is 5.97. The first-order chi connectivity index (χ1) is 10.7. The van der Waals surface area contributed by atoms with E-state index in [-0.39, 0.29) is 0 Å². The van der Waals surface area contributed by atoms with Gasteiger partial charge >= 0.3 is 0 Å². The smallest absolute Gasteiger partial charge is 0.00101 e. The van der Waals surface area contributed by atoms with E-state index < -0.39 is 0 Å². The summed E-state index contributed by atoms with van der Waals surface area (Å²) in [5.74, 6) is 0. The highest BCUT2D eigenvalue weighted by Crippen LogP contribution is 2.35. The highest BCUT2D eigenvalue weighted by molar-refractivity contribution is 5.85. The van der Waals surface area contributed by atoms with E-state index in [1.54, 1.807) is 0 Å². The van der Waals surface area contributed by atoms with Crippen LogP contribution in [0, 0.1) is 0 Å². The van der Waals surface area contributed by atoms with Crippen molar-refractivity contribution < 1.29 is 0 Å². The van der Waals surface area contributed by atoms with Gasteiger partial charge in [0.2, 0.25) is 0 Å². The maximum absolute atomic E-state index is 4.08. The van der Waals surface area contributed by atoms with Crippen molar-refractivity contribution in [1.82, 2.24) is 4.90 Å². The molecule has 0 radical (unpaired) electrons. The molecule has 22 heavy (non-hydrogen) atoms. The minimum absolute atomic E-state index is 1.05. The van der Waals surface area contributed by atoms with Gasteiger partial charge < -0.3 is 4.90 Å². The summed E-state index contributed by atoms with van der Waals surface area (Å²) >= 11 is 0. The normalized spacial score (nSPS) is 17.2. The van der Waals surface area contributed by atoms with Crippen LogP contribution in [0.4, 0.5) is 0 Å². The molecule has 1 aromatic carbocycles. The first kappa shape index (κ1) is 16.5. The zero-order chi connectivity index (χ0) is 15.9. The third-order valence-electron chi connectivity index (χ3n) is 4.10. The molecule has 0 atom stereocenters. The fraction of sp³-hybridized carbons (Fsp3) is 0.333. The largest absolute Gasteiger partial charge is 0.309 e. The van der Waals surface area contributed by atoms with Crippen molar-refractivity contribution in [3.8, 4) is 0 Å². The van der Waals surface area contributed by atoms with Gasteiger partial charge in [0.15, 0.2) is 0 Å². The lowest BCUT2D eigenvalue weighted by atomic mass is 9.92. The lowest BCUT2D eigenvalue weighted by Gasteiger charge is -2.14. The molecule has 0 aromatic heterocycles. The van der Waals surface area contributed by atoms with Gasteiger partial charge in [-0.15, -0.1) is 0 Å². The quantitative estimate of drug-likeness (QED) is 0.736. The molecular formula is C21H27N. The molecule has 1 heteroatoms. The zero-order valence-electron chi connectivity index (χ0n) is 14.1. The summed E-state index contributed by atoms with van der Waals surface area (Å²) in [6.07, 6.45) is 12.0. The van der Waals surface area contributed by atoms with Crippen molar-refractivity contribution >= 4 is 5.57 Å². The van der Waals surface area contributed by atoms with Crippen molar-refractivity contribution in [2.45, 2.75) is 26.2 Å². The van der Waals surface area contributed by atoms with Gasteiger partial charge in [0.05, 0.1) is 0 Å². The lowest BCUT2D eigenvalue weighted by Crippen LogP contribution is -2.12. The molecule has 0 spiro atoms. The van der Waals surface area contributed by atoms with Crippen LogP contribution < -0.4 is 0 Å². The SMILES string of the molecule is C=CC1=C(/C=C\C)CCc2ccccc2/C1=C/CCN(C)C. The van der Waals surface area contributed by atoms with Crippen LogP contribution in [-0.4, -0.2) is 25.5 Å². The molecule has 0 amide bonds. The van der Waals surface area contributed by atoms with Gasteiger partial charge in [-0.3, -0.25) is 0 Å². The van der Waals surface area contributed by atoms with E-state index in [1.807, 2.05) is 6.08 Å². The minimum Gasteiger partial charge on any atom is -0.309 e. The molecule has 0 saturated carbocycles. The number of fused-ring (bicyclic) bond motifs is 1. The average Bonchev–Trinajstić information content (AvgIpc) is 2.65. The summed E-state index contributed by atoms with van der Waals surface area (Å²) in [5, 5.41) is 0. The second kappa shape index (κ2) is 7.95. The summed E-state index contributed by atoms with van der Waals surface area (Å²) in [6, 6.07) is 8.79. The van der Waals surface area contributed by atoms with Crippen LogP contribution in [0.1, 0.15) is 30.9 Å². The van der Waals surface area contributed by atoms with Crippen molar-refractivity contribution in [2.75, 3.05) is 20.6 Å². The minimum atomic E-state index is 1.05. The summed E-state index contributed by atoms with van der Waals surface area (Å²) in [6.45, 7) is 7.23. The van der Waals surface area contributed by atoms with Gasteiger partial charge in [0, 0.05) is 6.54 Å². The highest BCUT2D eigenvalue weighted by Gasteiger charge is 2.17. The number of aryl methyl sites for hydroxylation is 1. The van der Waals surface area contributed by atoms with Crippen molar-refractivity contribution in [3.63, 3.8) is 0 Å². The fourth-order valence-corrected chi connectivity index (χ4v) is 3.03. The van der Waals surface area contributed by atoms with E-state index in [2.05, 4.69) is 75.0 Å². The maximum atomic E-state index is 4.08. The molecule has 0 unspecified atom stereocenters. The molecule has 0 saturated heterocycles. The van der Waals surface area contributed by atoms with Crippen LogP contribution in [-0.2, 0) is 6.42 Å². The van der Waals surface area contributed by atoms with Crippen LogP contribution >= 0.6 is 0 Å². The Morgan fingerprint density at radius 2 is 1.95 bits per heavy atom. The molecule has 2 rings (SSSR count). The van der Waals surface area contributed by atoms with E-state index in [9.17, 15) is 0 Å². The van der Waals surface area contributed by atoms with Gasteiger partial charge in [-0.1, -0.05) is 55.1 Å². The van der Waals surface area contributed by atoms with E-state index in [4.69, 9.17) is 0 Å². The number of benzene rings is 1. The van der Waals surface area contributed by atoms with Crippen LogP contribution in [0.25, 0.3) is 5.57 Å². The molecule has 1 aromatic rings. The highest BCUT2D eigenvalue weighted by atomic mass is 15.0. The van der Waals surface area contributed by atoms with E-state index in [0.29, 0.717) is 0 Å². The number of rotatable bonds is 5. The topological polar surface area (TPSA) is 3.24 Å². The van der Waals surface area contributed by atoms with E-state index in [0.717, 1.165) is 25.8 Å². The first-order valence-electron chi connectivity index (χ1n) is 8.09. The Balaban J connectivity index is 2.52. The predicted molar refractivity (Wildman–Crippen MR) is 97.9 cm³/mol. The Morgan fingerprint density at radius 1 is 1.18 bits per heavy atom. The Hall–Kier alpha value is -1.86. The second-order valence-corrected chi connectivity index (χ2v) is 6.01. The van der Waals surface area contributed by atoms with Crippen LogP contribution in [0.3, 0.4) is 0 Å². The Labute approximate surface area is 135 Å². The van der Waals surface area contributed by atoms with Crippen molar-refractivity contribution in [1.29, 1.82) is 0 Å². The molecular weight excluding hydrogens is 266 g/mol. The Bertz CT molecular complexity index is 615. The molecule has 0 heterocycles. The van der Waals surface area contributed by atoms with Crippen molar-refractivity contribution in [2.24, 2.45) is 0 Å². The molecule has 0 N–H and O–H groups in total. The van der Waals surface area contributed by atoms with Gasteiger partial charge in [-0.05, 0) is 68.1 Å². The summed E-state index contributed by atoms with van der Waals surface area (Å²) in [5.41, 5.74) is 6.85. The third-order valence-corrected chi connectivity index (χ3v) is 4.10. The predicted octanol–water partition coefficient (Wildman–Crippen LogP) is 5.03. The average molecular weight is 293 g/mol. The number of hydrogen-bond donors (Lipinski definition) is 0. The van der Waals surface area contributed by atoms with E-state index >= 15 is 0 Å². The maximum Gasteiger partial charge on any atom is 0.00101 e. The second-order valence-electron chi connectivity index (χ2n) is 6.01. The van der Waals surface area contributed by atoms with Crippen LogP contribution in [0.5, 0.6) is 0 Å². The Morgan fingerprint density at radius 3 is 2.64 bits per heavy atom. The first-order valence-corrected chi connectivity index (χ1v) is 8.09. The van der Waals surface area contributed by atoms with Gasteiger partial charge in [-0.25, -0.2) is 0 Å². The molecule has 0 fully saturated rings. The van der Waals surface area contributed by atoms with Crippen LogP contribution in [0.2, 0.25) is 0 Å². The molecule has 0 aliphatic heterocycles. The molecule has 0 bridgehead atoms. The summed E-state index contributed by atoms with van der Waals surface area (Å²) in [7, 11) is 4.24. The molecule has 1 nitrogen and oxygen atoms in total. The molecule has 116 valence electrons. The van der Waals surface area contributed by atoms with E-state index in [1.165, 1.54) is 27.8 Å². The molecule has 1 aliphatic rings. The van der Waals surface area contributed by atoms with Gasteiger partial charge in [-0.2, -0.15) is 0 Å². The van der Waals surface area contributed by atoms with Gasteiger partial charge in [0.1, 0.15) is 0 Å². The fourth-order valence-electron chi connectivity index (χ4n) is 3.03. The summed E-state index contributed by atoms with van der Waals surface area (Å²) in [4.78, 5) is 2.23. The number of nitrogens with zero attached hydrogens (tertiary/aromatic N) is 1. The number of allylic oxidation sites excluding steroid dienone is 6. The molecule has 1 aliphatic carbocycles.